The van der Waals surface area contributed by atoms with Crippen molar-refractivity contribution in [2.24, 2.45) is 0 Å². The van der Waals surface area contributed by atoms with Crippen LogP contribution in [0, 0.1) is 0 Å². The molecule has 1 aliphatic heterocycles. The molecule has 0 amide bonds. The van der Waals surface area contributed by atoms with Crippen LogP contribution in [-0.4, -0.2) is 4.57 Å². The van der Waals surface area contributed by atoms with Crippen molar-refractivity contribution in [3.63, 3.8) is 0 Å². The summed E-state index contributed by atoms with van der Waals surface area (Å²) in [6.45, 7) is 0.844. The van der Waals surface area contributed by atoms with Crippen molar-refractivity contribution in [3.05, 3.63) is 58.4 Å². The van der Waals surface area contributed by atoms with Gasteiger partial charge in [-0.15, -0.1) is 0 Å². The second-order valence-corrected chi connectivity index (χ2v) is 4.92. The lowest BCUT2D eigenvalue weighted by Gasteiger charge is -2.20. The average molecular weight is 235 g/mol. The summed E-state index contributed by atoms with van der Waals surface area (Å²) in [5, 5.41) is 3.13. The minimum Gasteiger partial charge on any atom is -0.307 e. The monoisotopic (exact) mass is 235 g/mol. The SMILES string of the molecule is O=c1c2ccccc2c2cccc3c2n1CCC3. The molecule has 0 radical (unpaired) electrons. The molecule has 0 bridgehead atoms. The van der Waals surface area contributed by atoms with Crippen LogP contribution in [0.25, 0.3) is 21.7 Å². The first kappa shape index (κ1) is 9.89. The average Bonchev–Trinajstić information content (AvgIpc) is 2.44. The molecule has 2 heterocycles. The van der Waals surface area contributed by atoms with Crippen molar-refractivity contribution in [3.8, 4) is 0 Å². The molecule has 4 rings (SSSR count). The highest BCUT2D eigenvalue weighted by Crippen LogP contribution is 2.28. The number of hydrogen-bond acceptors (Lipinski definition) is 1. The summed E-state index contributed by atoms with van der Waals surface area (Å²) in [6.07, 6.45) is 2.14. The van der Waals surface area contributed by atoms with Gasteiger partial charge in [0, 0.05) is 17.3 Å². The normalized spacial score (nSPS) is 14.2. The number of para-hydroxylation sites is 1. The zero-order valence-corrected chi connectivity index (χ0v) is 10.0. The third kappa shape index (κ3) is 1.15. The van der Waals surface area contributed by atoms with Crippen LogP contribution in [0.3, 0.4) is 0 Å². The van der Waals surface area contributed by atoms with E-state index >= 15 is 0 Å². The highest BCUT2D eigenvalue weighted by atomic mass is 16.1. The molecule has 0 aliphatic carbocycles. The minimum atomic E-state index is 0.158. The Morgan fingerprint density at radius 1 is 0.889 bits per heavy atom. The molecule has 0 saturated heterocycles. The second-order valence-electron chi connectivity index (χ2n) is 4.92. The number of rotatable bonds is 0. The van der Waals surface area contributed by atoms with E-state index in [9.17, 15) is 4.79 Å². The van der Waals surface area contributed by atoms with E-state index in [0.717, 1.165) is 35.7 Å². The van der Waals surface area contributed by atoms with Gasteiger partial charge in [-0.25, -0.2) is 0 Å². The summed E-state index contributed by atoms with van der Waals surface area (Å²) in [6, 6.07) is 14.3. The van der Waals surface area contributed by atoms with E-state index in [1.54, 1.807) is 0 Å². The van der Waals surface area contributed by atoms with Crippen molar-refractivity contribution in [1.29, 1.82) is 0 Å². The zero-order chi connectivity index (χ0) is 12.1. The van der Waals surface area contributed by atoms with Gasteiger partial charge in [-0.2, -0.15) is 0 Å². The molecule has 0 unspecified atom stereocenters. The first-order valence-corrected chi connectivity index (χ1v) is 6.39. The molecule has 0 spiro atoms. The number of hydrogen-bond donors (Lipinski definition) is 0. The lowest BCUT2D eigenvalue weighted by molar-refractivity contribution is 0.619. The summed E-state index contributed by atoms with van der Waals surface area (Å²) in [5.74, 6) is 0. The van der Waals surface area contributed by atoms with Crippen LogP contribution in [0.5, 0.6) is 0 Å². The molecule has 2 aromatic carbocycles. The van der Waals surface area contributed by atoms with Gasteiger partial charge in [-0.1, -0.05) is 36.4 Å². The Hall–Kier alpha value is -2.09. The molecule has 1 aliphatic rings. The molecule has 88 valence electrons. The topological polar surface area (TPSA) is 22.0 Å². The molecular formula is C16H13NO. The summed E-state index contributed by atoms with van der Waals surface area (Å²) < 4.78 is 1.95. The third-order valence-electron chi connectivity index (χ3n) is 3.91. The van der Waals surface area contributed by atoms with Crippen LogP contribution in [0.1, 0.15) is 12.0 Å². The molecule has 3 aromatic rings. The first-order valence-electron chi connectivity index (χ1n) is 6.39. The maximum absolute atomic E-state index is 12.5. The van der Waals surface area contributed by atoms with Crippen molar-refractivity contribution >= 4 is 21.7 Å². The van der Waals surface area contributed by atoms with Gasteiger partial charge in [0.25, 0.3) is 5.56 Å². The smallest absolute Gasteiger partial charge is 0.258 e. The Labute approximate surface area is 104 Å². The Bertz CT molecular complexity index is 829. The Morgan fingerprint density at radius 3 is 2.56 bits per heavy atom. The second kappa shape index (κ2) is 3.45. The number of fused-ring (bicyclic) bond motifs is 2. The number of nitrogens with zero attached hydrogens (tertiary/aromatic N) is 1. The summed E-state index contributed by atoms with van der Waals surface area (Å²) in [4.78, 5) is 12.5. The van der Waals surface area contributed by atoms with Gasteiger partial charge in [0.15, 0.2) is 0 Å². The summed E-state index contributed by atoms with van der Waals surface area (Å²) in [5.41, 5.74) is 2.61. The molecule has 1 aromatic heterocycles. The standard InChI is InChI=1S/C16H13NO/c18-16-14-8-2-1-7-12(14)13-9-3-5-11-6-4-10-17(16)15(11)13/h1-3,5,7-9H,4,6,10H2. The first-order chi connectivity index (χ1) is 8.86. The van der Waals surface area contributed by atoms with Crippen molar-refractivity contribution in [2.75, 3.05) is 0 Å². The van der Waals surface area contributed by atoms with Gasteiger partial charge >= 0.3 is 0 Å². The van der Waals surface area contributed by atoms with Gasteiger partial charge in [0.2, 0.25) is 0 Å². The fraction of sp³-hybridized carbons (Fsp3) is 0.188. The number of aromatic nitrogens is 1. The maximum atomic E-state index is 12.5. The van der Waals surface area contributed by atoms with E-state index in [2.05, 4.69) is 24.3 Å². The van der Waals surface area contributed by atoms with Crippen LogP contribution in [-0.2, 0) is 13.0 Å². The van der Waals surface area contributed by atoms with E-state index in [4.69, 9.17) is 0 Å². The van der Waals surface area contributed by atoms with E-state index in [1.165, 1.54) is 10.9 Å². The molecule has 2 nitrogen and oxygen atoms in total. The summed E-state index contributed by atoms with van der Waals surface area (Å²) >= 11 is 0. The van der Waals surface area contributed by atoms with Crippen molar-refractivity contribution in [2.45, 2.75) is 19.4 Å². The van der Waals surface area contributed by atoms with Gasteiger partial charge in [0.1, 0.15) is 0 Å². The number of aryl methyl sites for hydroxylation is 2. The van der Waals surface area contributed by atoms with E-state index in [1.807, 2.05) is 22.8 Å². The maximum Gasteiger partial charge on any atom is 0.258 e. The van der Waals surface area contributed by atoms with Crippen molar-refractivity contribution in [1.82, 2.24) is 4.57 Å². The predicted molar refractivity (Wildman–Crippen MR) is 74.0 cm³/mol. The van der Waals surface area contributed by atoms with Crippen LogP contribution in [0.15, 0.2) is 47.3 Å². The van der Waals surface area contributed by atoms with Crippen LogP contribution >= 0.6 is 0 Å². The van der Waals surface area contributed by atoms with Gasteiger partial charge in [-0.3, -0.25) is 4.79 Å². The molecule has 0 N–H and O–H groups in total. The van der Waals surface area contributed by atoms with Crippen LogP contribution < -0.4 is 5.56 Å². The van der Waals surface area contributed by atoms with Gasteiger partial charge in [-0.05, 0) is 29.9 Å². The molecular weight excluding hydrogens is 222 g/mol. The van der Waals surface area contributed by atoms with E-state index < -0.39 is 0 Å². The fourth-order valence-electron chi connectivity index (χ4n) is 3.12. The van der Waals surface area contributed by atoms with E-state index in [0.29, 0.717) is 0 Å². The molecule has 18 heavy (non-hydrogen) atoms. The van der Waals surface area contributed by atoms with Gasteiger partial charge < -0.3 is 4.57 Å². The zero-order valence-electron chi connectivity index (χ0n) is 10.0. The lowest BCUT2D eigenvalue weighted by atomic mass is 9.98. The number of benzene rings is 2. The Balaban J connectivity index is 2.39. The third-order valence-corrected chi connectivity index (χ3v) is 3.91. The fourth-order valence-corrected chi connectivity index (χ4v) is 3.12. The number of pyridine rings is 1. The minimum absolute atomic E-state index is 0.158. The van der Waals surface area contributed by atoms with Gasteiger partial charge in [0.05, 0.1) is 5.52 Å². The highest BCUT2D eigenvalue weighted by Gasteiger charge is 2.16. The largest absolute Gasteiger partial charge is 0.307 e. The molecule has 0 saturated carbocycles. The predicted octanol–water partition coefficient (Wildman–Crippen LogP) is 3.10. The lowest BCUT2D eigenvalue weighted by Crippen LogP contribution is -2.24. The summed E-state index contributed by atoms with van der Waals surface area (Å²) in [7, 11) is 0. The molecule has 0 atom stereocenters. The van der Waals surface area contributed by atoms with Crippen LogP contribution in [0.2, 0.25) is 0 Å². The van der Waals surface area contributed by atoms with Crippen LogP contribution in [0.4, 0.5) is 0 Å². The molecule has 0 fully saturated rings. The Kier molecular flexibility index (Phi) is 1.90. The molecule has 2 heteroatoms. The highest BCUT2D eigenvalue weighted by molar-refractivity contribution is 6.06. The Morgan fingerprint density at radius 2 is 1.67 bits per heavy atom. The van der Waals surface area contributed by atoms with E-state index in [-0.39, 0.29) is 5.56 Å². The quantitative estimate of drug-likeness (QED) is 0.549. The van der Waals surface area contributed by atoms with Crippen molar-refractivity contribution < 1.29 is 0 Å².